The maximum Gasteiger partial charge on any atom is 0.149 e. The van der Waals surface area contributed by atoms with E-state index in [1.807, 2.05) is 6.07 Å². The molecule has 0 amide bonds. The number of anilines is 1. The van der Waals surface area contributed by atoms with Crippen molar-refractivity contribution >= 4 is 5.69 Å². The monoisotopic (exact) mass is 196 g/mol. The Labute approximate surface area is 81.2 Å². The lowest BCUT2D eigenvalue weighted by Gasteiger charge is -2.19. The van der Waals surface area contributed by atoms with E-state index in [0.717, 1.165) is 12.1 Å². The Balaban J connectivity index is 3.04. The predicted octanol–water partition coefficient (Wildman–Crippen LogP) is 2.68. The molecule has 0 aromatic heterocycles. The molecule has 0 saturated heterocycles. The highest BCUT2D eigenvalue weighted by molar-refractivity contribution is 5.49. The molecule has 0 aliphatic rings. The van der Waals surface area contributed by atoms with Crippen LogP contribution in [0.2, 0.25) is 0 Å². The van der Waals surface area contributed by atoms with E-state index in [2.05, 4.69) is 5.32 Å². The molecule has 0 radical (unpaired) electrons. The van der Waals surface area contributed by atoms with Crippen molar-refractivity contribution in [1.82, 2.24) is 0 Å². The molecule has 1 N–H and O–H groups in total. The minimum absolute atomic E-state index is 0.265. The van der Waals surface area contributed by atoms with Crippen molar-refractivity contribution in [2.75, 3.05) is 5.32 Å². The van der Waals surface area contributed by atoms with Gasteiger partial charge in [-0.15, -0.1) is 0 Å². The average molecular weight is 196 g/mol. The van der Waals surface area contributed by atoms with E-state index in [0.29, 0.717) is 0 Å². The number of nitrogens with zero attached hydrogens (tertiary/aromatic N) is 1. The van der Waals surface area contributed by atoms with Gasteiger partial charge in [0.15, 0.2) is 0 Å². The molecule has 0 fully saturated rings. The second-order valence-corrected chi connectivity index (χ2v) is 3.46. The summed E-state index contributed by atoms with van der Waals surface area (Å²) in [5, 5.41) is 11.2. The smallest absolute Gasteiger partial charge is 0.149 e. The highest BCUT2D eigenvalue weighted by Crippen LogP contribution is 2.21. The van der Waals surface area contributed by atoms with E-state index in [9.17, 15) is 8.78 Å². The van der Waals surface area contributed by atoms with Gasteiger partial charge >= 0.3 is 0 Å². The molecule has 0 heterocycles. The van der Waals surface area contributed by atoms with Crippen molar-refractivity contribution in [3.63, 3.8) is 0 Å². The van der Waals surface area contributed by atoms with Crippen LogP contribution >= 0.6 is 0 Å². The van der Waals surface area contributed by atoms with E-state index >= 15 is 0 Å². The van der Waals surface area contributed by atoms with E-state index in [4.69, 9.17) is 5.26 Å². The fourth-order valence-electron chi connectivity index (χ4n) is 0.958. The molecule has 0 spiro atoms. The van der Waals surface area contributed by atoms with Crippen molar-refractivity contribution in [1.29, 1.82) is 5.26 Å². The van der Waals surface area contributed by atoms with Gasteiger partial charge in [-0.2, -0.15) is 5.26 Å². The van der Waals surface area contributed by atoms with Crippen LogP contribution in [0, 0.1) is 23.0 Å². The number of hydrogen-bond acceptors (Lipinski definition) is 2. The maximum atomic E-state index is 13.1. The van der Waals surface area contributed by atoms with Gasteiger partial charge in [0.2, 0.25) is 0 Å². The first-order valence-corrected chi connectivity index (χ1v) is 4.10. The molecule has 4 heteroatoms. The standard InChI is InChI=1S/C10H10F2N2/c1-10(2,6-13)14-9-7(11)4-3-5-8(9)12/h3-5,14H,1-2H3. The van der Waals surface area contributed by atoms with Crippen molar-refractivity contribution in [2.24, 2.45) is 0 Å². The Morgan fingerprint density at radius 2 is 1.79 bits per heavy atom. The third kappa shape index (κ3) is 2.19. The number of para-hydroxylation sites is 1. The summed E-state index contributed by atoms with van der Waals surface area (Å²) in [6.07, 6.45) is 0. The molecule has 1 aromatic carbocycles. The number of benzene rings is 1. The topological polar surface area (TPSA) is 35.8 Å². The fourth-order valence-corrected chi connectivity index (χ4v) is 0.958. The first kappa shape index (κ1) is 10.5. The van der Waals surface area contributed by atoms with Crippen molar-refractivity contribution in [3.8, 4) is 6.07 Å². The molecule has 2 nitrogen and oxygen atoms in total. The zero-order valence-corrected chi connectivity index (χ0v) is 7.94. The molecule has 1 rings (SSSR count). The molecule has 0 atom stereocenters. The van der Waals surface area contributed by atoms with Gasteiger partial charge in [-0.3, -0.25) is 0 Å². The molecule has 0 bridgehead atoms. The Morgan fingerprint density at radius 3 is 2.21 bits per heavy atom. The van der Waals surface area contributed by atoms with Crippen LogP contribution in [0.3, 0.4) is 0 Å². The van der Waals surface area contributed by atoms with E-state index < -0.39 is 17.2 Å². The zero-order chi connectivity index (χ0) is 10.8. The van der Waals surface area contributed by atoms with Gasteiger partial charge in [0.05, 0.1) is 6.07 Å². The van der Waals surface area contributed by atoms with Crippen molar-refractivity contribution in [3.05, 3.63) is 29.8 Å². The summed E-state index contributed by atoms with van der Waals surface area (Å²) in [7, 11) is 0. The molecule has 1 aromatic rings. The largest absolute Gasteiger partial charge is 0.363 e. The van der Waals surface area contributed by atoms with Gasteiger partial charge in [-0.25, -0.2) is 8.78 Å². The van der Waals surface area contributed by atoms with Crippen LogP contribution < -0.4 is 5.32 Å². The lowest BCUT2D eigenvalue weighted by Crippen LogP contribution is -2.29. The van der Waals surface area contributed by atoms with Crippen LogP contribution in [0.15, 0.2) is 18.2 Å². The van der Waals surface area contributed by atoms with E-state index in [-0.39, 0.29) is 5.69 Å². The quantitative estimate of drug-likeness (QED) is 0.789. The van der Waals surface area contributed by atoms with E-state index in [1.165, 1.54) is 6.07 Å². The Hall–Kier alpha value is -1.63. The normalized spacial score (nSPS) is 10.8. The summed E-state index contributed by atoms with van der Waals surface area (Å²) >= 11 is 0. The van der Waals surface area contributed by atoms with E-state index in [1.54, 1.807) is 13.8 Å². The molecular weight excluding hydrogens is 186 g/mol. The molecule has 74 valence electrons. The summed E-state index contributed by atoms with van der Waals surface area (Å²) in [5.41, 5.74) is -1.26. The zero-order valence-electron chi connectivity index (χ0n) is 7.94. The number of hydrogen-bond donors (Lipinski definition) is 1. The van der Waals surface area contributed by atoms with Gasteiger partial charge in [-0.05, 0) is 26.0 Å². The van der Waals surface area contributed by atoms with Crippen LogP contribution in [0.1, 0.15) is 13.8 Å². The third-order valence-corrected chi connectivity index (χ3v) is 1.68. The maximum absolute atomic E-state index is 13.1. The second kappa shape index (κ2) is 3.62. The molecule has 0 saturated carbocycles. The number of halogens is 2. The van der Waals surface area contributed by atoms with Crippen LogP contribution in [-0.4, -0.2) is 5.54 Å². The predicted molar refractivity (Wildman–Crippen MR) is 49.7 cm³/mol. The second-order valence-electron chi connectivity index (χ2n) is 3.46. The van der Waals surface area contributed by atoms with Crippen LogP contribution in [0.25, 0.3) is 0 Å². The van der Waals surface area contributed by atoms with Crippen LogP contribution in [0.4, 0.5) is 14.5 Å². The lowest BCUT2D eigenvalue weighted by atomic mass is 10.1. The van der Waals surface area contributed by atoms with Gasteiger partial charge in [0.1, 0.15) is 22.9 Å². The summed E-state index contributed by atoms with van der Waals surface area (Å²) in [6, 6.07) is 5.45. The minimum atomic E-state index is -0.997. The van der Waals surface area contributed by atoms with Gasteiger partial charge in [0.25, 0.3) is 0 Å². The molecule has 0 aliphatic carbocycles. The minimum Gasteiger partial charge on any atom is -0.363 e. The Kier molecular flexibility index (Phi) is 2.70. The summed E-state index contributed by atoms with van der Waals surface area (Å²) in [6.45, 7) is 3.08. The molecule has 14 heavy (non-hydrogen) atoms. The molecular formula is C10H10F2N2. The average Bonchev–Trinajstić information content (AvgIpc) is 2.12. The Bertz CT molecular complexity index is 360. The first-order chi connectivity index (χ1) is 6.46. The number of rotatable bonds is 2. The summed E-state index contributed by atoms with van der Waals surface area (Å²) in [5.74, 6) is -1.40. The SMILES string of the molecule is CC(C)(C#N)Nc1c(F)cccc1F. The highest BCUT2D eigenvalue weighted by Gasteiger charge is 2.19. The van der Waals surface area contributed by atoms with Gasteiger partial charge in [0, 0.05) is 0 Å². The third-order valence-electron chi connectivity index (χ3n) is 1.68. The number of nitriles is 1. The number of nitrogens with one attached hydrogen (secondary N) is 1. The fraction of sp³-hybridized carbons (Fsp3) is 0.300. The lowest BCUT2D eigenvalue weighted by molar-refractivity contribution is 0.577. The van der Waals surface area contributed by atoms with Gasteiger partial charge in [-0.1, -0.05) is 6.07 Å². The summed E-state index contributed by atoms with van der Waals surface area (Å²) in [4.78, 5) is 0. The summed E-state index contributed by atoms with van der Waals surface area (Å²) < 4.78 is 26.2. The Morgan fingerprint density at radius 1 is 1.29 bits per heavy atom. The van der Waals surface area contributed by atoms with Crippen LogP contribution in [-0.2, 0) is 0 Å². The van der Waals surface area contributed by atoms with Crippen molar-refractivity contribution < 1.29 is 8.78 Å². The first-order valence-electron chi connectivity index (χ1n) is 4.10. The highest BCUT2D eigenvalue weighted by atomic mass is 19.1. The van der Waals surface area contributed by atoms with Gasteiger partial charge < -0.3 is 5.32 Å². The van der Waals surface area contributed by atoms with Crippen LogP contribution in [0.5, 0.6) is 0 Å². The molecule has 0 aliphatic heterocycles. The van der Waals surface area contributed by atoms with Crippen molar-refractivity contribution in [2.45, 2.75) is 19.4 Å². The molecule has 0 unspecified atom stereocenters.